The number of rotatable bonds is 5. The van der Waals surface area contributed by atoms with Crippen LogP contribution < -0.4 is 5.90 Å². The summed E-state index contributed by atoms with van der Waals surface area (Å²) in [6.45, 7) is 0. The van der Waals surface area contributed by atoms with E-state index in [9.17, 15) is 13.2 Å². The van der Waals surface area contributed by atoms with Crippen LogP contribution in [0.4, 0.5) is 13.2 Å². The van der Waals surface area contributed by atoms with Crippen LogP contribution >= 0.6 is 12.0 Å². The summed E-state index contributed by atoms with van der Waals surface area (Å²) < 4.78 is 44.8. The molecule has 1 aromatic heterocycles. The molecule has 1 aliphatic carbocycles. The van der Waals surface area contributed by atoms with Crippen LogP contribution in [0.15, 0.2) is 29.2 Å². The van der Waals surface area contributed by atoms with E-state index in [1.54, 1.807) is 24.3 Å². The van der Waals surface area contributed by atoms with E-state index < -0.39 is 12.0 Å². The lowest BCUT2D eigenvalue weighted by Gasteiger charge is -2.11. The molecular formula is C14H15F3N4O2S. The molecule has 0 aliphatic heterocycles. The molecule has 0 saturated heterocycles. The number of alkyl halides is 3. The molecular weight excluding hydrogens is 345 g/mol. The molecule has 1 aliphatic rings. The molecule has 3 rings (SSSR count). The molecule has 1 aromatic carbocycles. The van der Waals surface area contributed by atoms with Gasteiger partial charge in [-0.05, 0) is 37.1 Å². The van der Waals surface area contributed by atoms with Crippen LogP contribution in [0.5, 0.6) is 0 Å². The number of nitrogens with zero attached hydrogens (tertiary/aromatic N) is 3. The minimum atomic E-state index is -4.57. The van der Waals surface area contributed by atoms with Crippen molar-refractivity contribution in [2.24, 2.45) is 5.90 Å². The largest absolute Gasteiger partial charge is 0.453 e. The first-order valence-corrected chi connectivity index (χ1v) is 8.08. The molecule has 0 unspecified atom stereocenters. The van der Waals surface area contributed by atoms with E-state index in [-0.39, 0.29) is 5.92 Å². The monoisotopic (exact) mass is 360 g/mol. The Morgan fingerprint density at radius 2 is 1.83 bits per heavy atom. The van der Waals surface area contributed by atoms with Gasteiger partial charge in [0, 0.05) is 10.8 Å². The summed E-state index contributed by atoms with van der Waals surface area (Å²) in [4.78, 5) is 8.45. The van der Waals surface area contributed by atoms with Crippen molar-refractivity contribution in [2.45, 2.75) is 42.7 Å². The summed E-state index contributed by atoms with van der Waals surface area (Å²) >= 11 is 0.891. The Morgan fingerprint density at radius 1 is 1.17 bits per heavy atom. The third-order valence-corrected chi connectivity index (χ3v) is 4.47. The van der Waals surface area contributed by atoms with Gasteiger partial charge in [0.15, 0.2) is 0 Å². The second kappa shape index (κ2) is 7.09. The van der Waals surface area contributed by atoms with Gasteiger partial charge in [-0.15, -0.1) is 14.4 Å². The molecule has 0 spiro atoms. The van der Waals surface area contributed by atoms with Crippen LogP contribution in [0.25, 0.3) is 5.69 Å². The number of aromatic nitrogens is 3. The fourth-order valence-electron chi connectivity index (χ4n) is 2.78. The molecule has 10 heteroatoms. The summed E-state index contributed by atoms with van der Waals surface area (Å²) in [5.74, 6) is 4.01. The number of benzene rings is 1. The Hall–Kier alpha value is -1.62. The zero-order chi connectivity index (χ0) is 17.2. The summed E-state index contributed by atoms with van der Waals surface area (Å²) in [6, 6.07) is 6.64. The van der Waals surface area contributed by atoms with Gasteiger partial charge in [0.05, 0.1) is 17.7 Å². The van der Waals surface area contributed by atoms with E-state index >= 15 is 0 Å². The minimum Gasteiger partial charge on any atom is -0.217 e. The van der Waals surface area contributed by atoms with Crippen LogP contribution in [0, 0.1) is 0 Å². The highest BCUT2D eigenvalue weighted by Gasteiger charge is 2.38. The molecule has 2 N–H and O–H groups in total. The predicted molar refractivity (Wildman–Crippen MR) is 79.8 cm³/mol. The van der Waals surface area contributed by atoms with Crippen LogP contribution in [0.1, 0.15) is 43.3 Å². The second-order valence-corrected chi connectivity index (χ2v) is 6.20. The van der Waals surface area contributed by atoms with E-state index in [1.807, 2.05) is 0 Å². The van der Waals surface area contributed by atoms with Crippen molar-refractivity contribution in [1.29, 1.82) is 0 Å². The van der Waals surface area contributed by atoms with Crippen molar-refractivity contribution in [1.82, 2.24) is 14.8 Å². The fraction of sp³-hybridized carbons (Fsp3) is 0.429. The number of hydrogen-bond donors (Lipinski definition) is 1. The molecule has 6 nitrogen and oxygen atoms in total. The first-order chi connectivity index (χ1) is 11.5. The van der Waals surface area contributed by atoms with Gasteiger partial charge in [-0.25, -0.2) is 9.67 Å². The van der Waals surface area contributed by atoms with Gasteiger partial charge in [-0.1, -0.05) is 12.8 Å². The highest BCUT2D eigenvalue weighted by Crippen LogP contribution is 2.36. The Bertz CT molecular complexity index is 684. The van der Waals surface area contributed by atoms with Crippen molar-refractivity contribution in [3.05, 3.63) is 35.9 Å². The molecule has 1 heterocycles. The lowest BCUT2D eigenvalue weighted by atomic mass is 10.1. The quantitative estimate of drug-likeness (QED) is 0.497. The smallest absolute Gasteiger partial charge is 0.217 e. The maximum atomic E-state index is 13.0. The molecule has 0 radical (unpaired) electrons. The van der Waals surface area contributed by atoms with Crippen molar-refractivity contribution in [3.8, 4) is 5.69 Å². The van der Waals surface area contributed by atoms with E-state index in [4.69, 9.17) is 5.90 Å². The molecule has 130 valence electrons. The molecule has 1 saturated carbocycles. The Kier molecular flexibility index (Phi) is 5.09. The first kappa shape index (κ1) is 17.2. The van der Waals surface area contributed by atoms with Crippen molar-refractivity contribution in [3.63, 3.8) is 0 Å². The Morgan fingerprint density at radius 3 is 2.42 bits per heavy atom. The topological polar surface area (TPSA) is 75.2 Å². The van der Waals surface area contributed by atoms with Gasteiger partial charge in [0.2, 0.25) is 0 Å². The predicted octanol–water partition coefficient (Wildman–Crippen LogP) is 3.77. The number of nitrogens with two attached hydrogens (primary N) is 1. The average Bonchev–Trinajstić information content (AvgIpc) is 3.21. The lowest BCUT2D eigenvalue weighted by molar-refractivity contribution is -0.195. The Balaban J connectivity index is 1.94. The molecule has 2 aromatic rings. The van der Waals surface area contributed by atoms with E-state index in [2.05, 4.69) is 19.4 Å². The van der Waals surface area contributed by atoms with Gasteiger partial charge in [0.1, 0.15) is 5.82 Å². The van der Waals surface area contributed by atoms with Gasteiger partial charge < -0.3 is 0 Å². The molecule has 24 heavy (non-hydrogen) atoms. The van der Waals surface area contributed by atoms with Gasteiger partial charge in [0.25, 0.3) is 5.82 Å². The van der Waals surface area contributed by atoms with Crippen molar-refractivity contribution < 1.29 is 22.5 Å². The standard InChI is InChI=1S/C14H15F3N4O2S/c15-14(16,17)13-19-12(9-3-1-2-4-9)21(20-13)10-5-7-11(8-6-10)24-23-22-18/h5-9H,1-4,18H2. The van der Waals surface area contributed by atoms with Gasteiger partial charge in [-0.3, -0.25) is 0 Å². The zero-order valence-corrected chi connectivity index (χ0v) is 13.3. The normalized spacial score (nSPS) is 16.0. The molecule has 1 fully saturated rings. The third-order valence-electron chi connectivity index (χ3n) is 3.86. The number of halogens is 3. The SMILES string of the molecule is NOOSc1ccc(-n2nc(C(F)(F)F)nc2C2CCCC2)cc1. The minimum absolute atomic E-state index is 0.00312. The number of hydrogen-bond acceptors (Lipinski definition) is 6. The average molecular weight is 360 g/mol. The summed E-state index contributed by atoms with van der Waals surface area (Å²) in [5.41, 5.74) is 0.512. The van der Waals surface area contributed by atoms with Gasteiger partial charge in [-0.2, -0.15) is 19.1 Å². The summed E-state index contributed by atoms with van der Waals surface area (Å²) in [5, 5.41) is 3.69. The van der Waals surface area contributed by atoms with Crippen LogP contribution in [-0.4, -0.2) is 14.8 Å². The Labute approximate surface area is 140 Å². The summed E-state index contributed by atoms with van der Waals surface area (Å²) in [6.07, 6.45) is -0.937. The lowest BCUT2D eigenvalue weighted by Crippen LogP contribution is -2.08. The molecule has 0 amide bonds. The van der Waals surface area contributed by atoms with E-state index in [0.29, 0.717) is 16.4 Å². The highest BCUT2D eigenvalue weighted by molar-refractivity contribution is 7.94. The van der Waals surface area contributed by atoms with E-state index in [0.717, 1.165) is 37.7 Å². The summed E-state index contributed by atoms with van der Waals surface area (Å²) in [7, 11) is 0. The maximum Gasteiger partial charge on any atom is 0.453 e. The van der Waals surface area contributed by atoms with Crippen molar-refractivity contribution >= 4 is 12.0 Å². The second-order valence-electron chi connectivity index (χ2n) is 5.43. The molecule has 0 bridgehead atoms. The van der Waals surface area contributed by atoms with Crippen LogP contribution in [0.2, 0.25) is 0 Å². The van der Waals surface area contributed by atoms with Crippen molar-refractivity contribution in [2.75, 3.05) is 0 Å². The highest BCUT2D eigenvalue weighted by atomic mass is 32.2. The molecule has 0 atom stereocenters. The third kappa shape index (κ3) is 3.72. The van der Waals surface area contributed by atoms with Crippen LogP contribution in [0.3, 0.4) is 0 Å². The maximum absolute atomic E-state index is 13.0. The first-order valence-electron chi connectivity index (χ1n) is 7.33. The fourth-order valence-corrected chi connectivity index (χ4v) is 3.15. The zero-order valence-electron chi connectivity index (χ0n) is 12.5. The van der Waals surface area contributed by atoms with Gasteiger partial charge >= 0.3 is 6.18 Å². The van der Waals surface area contributed by atoms with Crippen LogP contribution in [-0.2, 0) is 15.5 Å². The van der Waals surface area contributed by atoms with E-state index in [1.165, 1.54) is 4.68 Å².